The van der Waals surface area contributed by atoms with E-state index in [1.165, 1.54) is 6.92 Å². The van der Waals surface area contributed by atoms with Gasteiger partial charge in [-0.3, -0.25) is 5.32 Å². The maximum atomic E-state index is 10.9. The van der Waals surface area contributed by atoms with Gasteiger partial charge in [-0.25, -0.2) is 4.79 Å². The van der Waals surface area contributed by atoms with Gasteiger partial charge in [-0.1, -0.05) is 18.2 Å². The molecule has 1 aromatic rings. The van der Waals surface area contributed by atoms with Gasteiger partial charge in [0, 0.05) is 0 Å². The van der Waals surface area contributed by atoms with Crippen LogP contribution in [0.25, 0.3) is 0 Å². The SMILES string of the molecule is CC(O)NC(=O)Oc1ccccc1. The van der Waals surface area contributed by atoms with Crippen LogP contribution < -0.4 is 10.1 Å². The predicted molar refractivity (Wildman–Crippen MR) is 47.3 cm³/mol. The Hall–Kier alpha value is -1.55. The second kappa shape index (κ2) is 4.47. The van der Waals surface area contributed by atoms with Crippen molar-refractivity contribution in [1.29, 1.82) is 0 Å². The summed E-state index contributed by atoms with van der Waals surface area (Å²) in [6.07, 6.45) is -1.57. The maximum absolute atomic E-state index is 10.9. The van der Waals surface area contributed by atoms with Gasteiger partial charge in [0.25, 0.3) is 0 Å². The van der Waals surface area contributed by atoms with Gasteiger partial charge >= 0.3 is 6.09 Å². The molecule has 2 N–H and O–H groups in total. The smallest absolute Gasteiger partial charge is 0.410 e. The first kappa shape index (κ1) is 9.54. The van der Waals surface area contributed by atoms with Crippen LogP contribution in [0.1, 0.15) is 6.92 Å². The molecule has 0 saturated heterocycles. The van der Waals surface area contributed by atoms with Crippen molar-refractivity contribution in [2.75, 3.05) is 0 Å². The molecule has 0 aliphatic heterocycles. The molecule has 1 atom stereocenters. The summed E-state index contributed by atoms with van der Waals surface area (Å²) in [6.45, 7) is 1.44. The highest BCUT2D eigenvalue weighted by Gasteiger charge is 2.04. The number of rotatable bonds is 2. The standard InChI is InChI=1S/C9H11NO3/c1-7(11)10-9(12)13-8-5-3-2-4-6-8/h2-7,11H,1H3,(H,10,12). The Kier molecular flexibility index (Phi) is 3.28. The van der Waals surface area contributed by atoms with E-state index in [4.69, 9.17) is 9.84 Å². The van der Waals surface area contributed by atoms with Gasteiger partial charge in [0.2, 0.25) is 0 Å². The zero-order chi connectivity index (χ0) is 9.68. The summed E-state index contributed by atoms with van der Waals surface area (Å²) in [5, 5.41) is 11.0. The molecule has 0 bridgehead atoms. The van der Waals surface area contributed by atoms with E-state index in [-0.39, 0.29) is 0 Å². The van der Waals surface area contributed by atoms with Gasteiger partial charge in [0.1, 0.15) is 12.0 Å². The molecule has 70 valence electrons. The molecule has 1 unspecified atom stereocenters. The fourth-order valence-corrected chi connectivity index (χ4v) is 0.796. The Balaban J connectivity index is 2.46. The Morgan fingerprint density at radius 3 is 2.62 bits per heavy atom. The fraction of sp³-hybridized carbons (Fsp3) is 0.222. The molecule has 1 amide bonds. The molecular weight excluding hydrogens is 170 g/mol. The Bertz CT molecular complexity index is 271. The third-order valence-electron chi connectivity index (χ3n) is 1.28. The van der Waals surface area contributed by atoms with Crippen molar-refractivity contribution >= 4 is 6.09 Å². The lowest BCUT2D eigenvalue weighted by Crippen LogP contribution is -2.34. The average molecular weight is 181 g/mol. The van der Waals surface area contributed by atoms with Gasteiger partial charge in [0.05, 0.1) is 0 Å². The number of carbonyl (C=O) groups is 1. The molecule has 0 heterocycles. The van der Waals surface area contributed by atoms with Gasteiger partial charge in [-0.15, -0.1) is 0 Å². The van der Waals surface area contributed by atoms with Gasteiger partial charge < -0.3 is 9.84 Å². The fourth-order valence-electron chi connectivity index (χ4n) is 0.796. The molecule has 4 heteroatoms. The molecule has 0 saturated carbocycles. The lowest BCUT2D eigenvalue weighted by molar-refractivity contribution is 0.137. The van der Waals surface area contributed by atoms with Gasteiger partial charge in [-0.2, -0.15) is 0 Å². The first-order chi connectivity index (χ1) is 6.18. The molecule has 0 aliphatic rings. The zero-order valence-corrected chi connectivity index (χ0v) is 7.23. The normalized spacial score (nSPS) is 11.8. The number of benzene rings is 1. The topological polar surface area (TPSA) is 58.6 Å². The van der Waals surface area contributed by atoms with E-state index >= 15 is 0 Å². The summed E-state index contributed by atoms with van der Waals surface area (Å²) >= 11 is 0. The number of amides is 1. The quantitative estimate of drug-likeness (QED) is 0.672. The van der Waals surface area contributed by atoms with Crippen molar-refractivity contribution in [3.05, 3.63) is 30.3 Å². The van der Waals surface area contributed by atoms with Crippen molar-refractivity contribution in [3.8, 4) is 5.75 Å². The van der Waals surface area contributed by atoms with E-state index in [1.807, 2.05) is 6.07 Å². The van der Waals surface area contributed by atoms with Crippen LogP contribution in [-0.2, 0) is 0 Å². The average Bonchev–Trinajstić information content (AvgIpc) is 2.04. The Morgan fingerprint density at radius 1 is 1.46 bits per heavy atom. The van der Waals surface area contributed by atoms with Crippen LogP contribution in [0.3, 0.4) is 0 Å². The second-order valence-electron chi connectivity index (χ2n) is 2.52. The highest BCUT2D eigenvalue weighted by molar-refractivity contribution is 5.70. The molecule has 0 radical (unpaired) electrons. The zero-order valence-electron chi connectivity index (χ0n) is 7.23. The first-order valence-corrected chi connectivity index (χ1v) is 3.90. The molecule has 0 aromatic heterocycles. The summed E-state index contributed by atoms with van der Waals surface area (Å²) in [6, 6.07) is 8.64. The summed E-state index contributed by atoms with van der Waals surface area (Å²) in [7, 11) is 0. The molecule has 0 fully saturated rings. The summed E-state index contributed by atoms with van der Waals surface area (Å²) in [5.41, 5.74) is 0. The van der Waals surface area contributed by atoms with E-state index in [2.05, 4.69) is 5.32 Å². The number of hydrogen-bond acceptors (Lipinski definition) is 3. The van der Waals surface area contributed by atoms with Crippen LogP contribution in [0.15, 0.2) is 30.3 Å². The highest BCUT2D eigenvalue weighted by atomic mass is 16.6. The molecule has 0 aliphatic carbocycles. The number of hydrogen-bond donors (Lipinski definition) is 2. The van der Waals surface area contributed by atoms with Crippen LogP contribution in [0.5, 0.6) is 5.75 Å². The van der Waals surface area contributed by atoms with E-state index < -0.39 is 12.3 Å². The summed E-state index contributed by atoms with van der Waals surface area (Å²) < 4.78 is 4.82. The maximum Gasteiger partial charge on any atom is 0.414 e. The van der Waals surface area contributed by atoms with Crippen molar-refractivity contribution in [1.82, 2.24) is 5.32 Å². The Morgan fingerprint density at radius 2 is 2.08 bits per heavy atom. The molecular formula is C9H11NO3. The molecule has 1 aromatic carbocycles. The minimum Gasteiger partial charge on any atom is -0.410 e. The molecule has 1 rings (SSSR count). The number of carbonyl (C=O) groups excluding carboxylic acids is 1. The number of aliphatic hydroxyl groups excluding tert-OH is 1. The Labute approximate surface area is 76.1 Å². The monoisotopic (exact) mass is 181 g/mol. The van der Waals surface area contributed by atoms with Gasteiger partial charge in [0.15, 0.2) is 0 Å². The third-order valence-corrected chi connectivity index (χ3v) is 1.28. The van der Waals surface area contributed by atoms with E-state index in [1.54, 1.807) is 24.3 Å². The van der Waals surface area contributed by atoms with Crippen molar-refractivity contribution in [2.24, 2.45) is 0 Å². The van der Waals surface area contributed by atoms with Crippen LogP contribution in [-0.4, -0.2) is 17.4 Å². The van der Waals surface area contributed by atoms with Crippen LogP contribution in [0.4, 0.5) is 4.79 Å². The predicted octanol–water partition coefficient (Wildman–Crippen LogP) is 1.11. The van der Waals surface area contributed by atoms with E-state index in [0.29, 0.717) is 5.75 Å². The number of nitrogens with one attached hydrogen (secondary N) is 1. The lowest BCUT2D eigenvalue weighted by Gasteiger charge is -2.07. The molecule has 4 nitrogen and oxygen atoms in total. The van der Waals surface area contributed by atoms with Crippen molar-refractivity contribution < 1.29 is 14.6 Å². The third kappa shape index (κ3) is 3.57. The second-order valence-corrected chi connectivity index (χ2v) is 2.52. The van der Waals surface area contributed by atoms with Crippen LogP contribution in [0, 0.1) is 0 Å². The van der Waals surface area contributed by atoms with E-state index in [0.717, 1.165) is 0 Å². The highest BCUT2D eigenvalue weighted by Crippen LogP contribution is 2.07. The molecule has 0 spiro atoms. The largest absolute Gasteiger partial charge is 0.414 e. The van der Waals surface area contributed by atoms with Crippen molar-refractivity contribution in [3.63, 3.8) is 0 Å². The van der Waals surface area contributed by atoms with Gasteiger partial charge in [-0.05, 0) is 19.1 Å². The minimum absolute atomic E-state index is 0.445. The minimum atomic E-state index is -0.906. The first-order valence-electron chi connectivity index (χ1n) is 3.90. The summed E-state index contributed by atoms with van der Waals surface area (Å²) in [4.78, 5) is 10.9. The van der Waals surface area contributed by atoms with Crippen molar-refractivity contribution in [2.45, 2.75) is 13.2 Å². The number of ether oxygens (including phenoxy) is 1. The van der Waals surface area contributed by atoms with E-state index in [9.17, 15) is 4.79 Å². The number of aliphatic hydroxyl groups is 1. The molecule has 13 heavy (non-hydrogen) atoms. The number of para-hydroxylation sites is 1. The van der Waals surface area contributed by atoms with Crippen LogP contribution >= 0.6 is 0 Å². The lowest BCUT2D eigenvalue weighted by atomic mass is 10.3. The van der Waals surface area contributed by atoms with Crippen LogP contribution in [0.2, 0.25) is 0 Å². The summed E-state index contributed by atoms with van der Waals surface area (Å²) in [5.74, 6) is 0.445.